The molecule has 0 heterocycles. The fraction of sp³-hybridized carbons (Fsp3) is 0.926. The Kier molecular flexibility index (Phi) is 7.18. The molecule has 4 saturated carbocycles. The number of hydrogen-bond acceptors (Lipinski definition) is 4. The average molecular weight is 464 g/mol. The van der Waals surface area contributed by atoms with Gasteiger partial charge in [-0.1, -0.05) is 20.8 Å². The topological polar surface area (TPSA) is 107 Å². The third kappa shape index (κ3) is 4.59. The zero-order chi connectivity index (χ0) is 24.0. The van der Waals surface area contributed by atoms with E-state index < -0.39 is 5.97 Å². The molecular weight excluding hydrogens is 418 g/mol. The van der Waals surface area contributed by atoms with Crippen molar-refractivity contribution in [2.24, 2.45) is 46.3 Å². The lowest BCUT2D eigenvalue weighted by Gasteiger charge is -2.62. The molecule has 0 radical (unpaired) electrons. The van der Waals surface area contributed by atoms with Gasteiger partial charge in [-0.2, -0.15) is 0 Å². The van der Waals surface area contributed by atoms with Crippen LogP contribution in [0.4, 0.5) is 0 Å². The highest BCUT2D eigenvalue weighted by Gasteiger charge is 2.62. The van der Waals surface area contributed by atoms with Crippen molar-refractivity contribution in [2.45, 2.75) is 104 Å². The number of carboxylic acids is 1. The van der Waals surface area contributed by atoms with Crippen molar-refractivity contribution in [3.05, 3.63) is 0 Å². The van der Waals surface area contributed by atoms with Crippen LogP contribution in [0.15, 0.2) is 0 Å². The van der Waals surface area contributed by atoms with Gasteiger partial charge in [0.05, 0.1) is 18.6 Å². The average Bonchev–Trinajstić information content (AvgIpc) is 3.10. The van der Waals surface area contributed by atoms with E-state index in [-0.39, 0.29) is 41.9 Å². The van der Waals surface area contributed by atoms with E-state index in [9.17, 15) is 19.8 Å². The molecule has 4 rings (SSSR count). The number of carboxylic acid groups (broad SMARTS) is 1. The van der Waals surface area contributed by atoms with Gasteiger partial charge in [-0.15, -0.1) is 0 Å². The molecule has 0 bridgehead atoms. The maximum atomic E-state index is 12.2. The molecule has 188 valence electrons. The maximum absolute atomic E-state index is 12.2. The van der Waals surface area contributed by atoms with Crippen molar-refractivity contribution < 1.29 is 24.9 Å². The Morgan fingerprint density at radius 3 is 2.39 bits per heavy atom. The second-order valence-corrected chi connectivity index (χ2v) is 12.5. The van der Waals surface area contributed by atoms with E-state index in [1.165, 1.54) is 25.7 Å². The maximum Gasteiger partial charge on any atom is 0.305 e. The highest BCUT2D eigenvalue weighted by Crippen LogP contribution is 2.68. The summed E-state index contributed by atoms with van der Waals surface area (Å²) in [5.41, 5.74) is 0.473. The lowest BCUT2D eigenvalue weighted by Crippen LogP contribution is -2.58. The second-order valence-electron chi connectivity index (χ2n) is 12.5. The van der Waals surface area contributed by atoms with E-state index in [2.05, 4.69) is 26.1 Å². The van der Waals surface area contributed by atoms with Crippen LogP contribution in [0.3, 0.4) is 0 Å². The summed E-state index contributed by atoms with van der Waals surface area (Å²) < 4.78 is 0. The Hall–Kier alpha value is -1.14. The molecule has 4 N–H and O–H groups in total. The number of fused-ring (bicyclic) bond motifs is 5. The Labute approximate surface area is 198 Å². The largest absolute Gasteiger partial charge is 0.481 e. The molecule has 4 aliphatic rings. The van der Waals surface area contributed by atoms with Gasteiger partial charge >= 0.3 is 5.97 Å². The van der Waals surface area contributed by atoms with Crippen molar-refractivity contribution in [2.75, 3.05) is 6.54 Å². The number of carbonyl (C=O) groups excluding carboxylic acids is 1. The van der Waals surface area contributed by atoms with Crippen LogP contribution in [0.2, 0.25) is 0 Å². The molecule has 10 atom stereocenters. The summed E-state index contributed by atoms with van der Waals surface area (Å²) >= 11 is 0. The van der Waals surface area contributed by atoms with Crippen molar-refractivity contribution in [1.29, 1.82) is 0 Å². The SMILES string of the molecule is C[C@H](CCC(=O)NCCC(=O)O)[C@H]1CCC2[C@H]3C(CC[C@@]21C)[C@@]1(C)CC[C@@H](O)C[C@H]1C[C@@H]3O. The van der Waals surface area contributed by atoms with Crippen LogP contribution >= 0.6 is 0 Å². The summed E-state index contributed by atoms with van der Waals surface area (Å²) in [6, 6.07) is 0. The fourth-order valence-electron chi connectivity index (χ4n) is 9.13. The van der Waals surface area contributed by atoms with Crippen LogP contribution in [-0.2, 0) is 9.59 Å². The molecule has 0 saturated heterocycles. The molecule has 2 unspecified atom stereocenters. The third-order valence-electron chi connectivity index (χ3n) is 10.9. The van der Waals surface area contributed by atoms with Gasteiger partial charge in [0.1, 0.15) is 0 Å². The summed E-state index contributed by atoms with van der Waals surface area (Å²) in [5, 5.41) is 33.1. The standard InChI is InChI=1S/C27H45NO5/c1-16(4-7-23(31)28-13-10-24(32)33)19-5-6-20-25-21(9-12-27(19,20)3)26(2)11-8-18(29)14-17(26)15-22(25)30/h16-22,25,29-30H,4-15H2,1-3H3,(H,28,31)(H,32,33)/t16-,17+,18-,19-,20?,21?,22+,25+,26+,27-/m1/s1. The molecule has 0 aromatic heterocycles. The van der Waals surface area contributed by atoms with Gasteiger partial charge in [-0.25, -0.2) is 0 Å². The number of carbonyl (C=O) groups is 2. The van der Waals surface area contributed by atoms with Gasteiger partial charge in [0, 0.05) is 13.0 Å². The number of aliphatic hydroxyl groups excluding tert-OH is 2. The molecule has 6 nitrogen and oxygen atoms in total. The summed E-state index contributed by atoms with van der Waals surface area (Å²) in [7, 11) is 0. The molecule has 0 aromatic rings. The van der Waals surface area contributed by atoms with Gasteiger partial charge in [0.25, 0.3) is 0 Å². The van der Waals surface area contributed by atoms with E-state index >= 15 is 0 Å². The number of hydrogen-bond donors (Lipinski definition) is 4. The molecule has 1 amide bonds. The summed E-state index contributed by atoms with van der Waals surface area (Å²) in [4.78, 5) is 22.8. The molecule has 6 heteroatoms. The molecule has 0 aromatic carbocycles. The minimum atomic E-state index is -0.890. The van der Waals surface area contributed by atoms with Gasteiger partial charge in [0.2, 0.25) is 5.91 Å². The third-order valence-corrected chi connectivity index (χ3v) is 10.9. The normalized spacial score (nSPS) is 45.4. The Morgan fingerprint density at radius 2 is 1.67 bits per heavy atom. The van der Waals surface area contributed by atoms with Crippen LogP contribution in [-0.4, -0.2) is 45.9 Å². The highest BCUT2D eigenvalue weighted by molar-refractivity contribution is 5.76. The molecule has 0 aliphatic heterocycles. The molecular formula is C27H45NO5. The van der Waals surface area contributed by atoms with Crippen LogP contribution in [0.1, 0.15) is 91.4 Å². The van der Waals surface area contributed by atoms with E-state index in [4.69, 9.17) is 5.11 Å². The number of amides is 1. The quantitative estimate of drug-likeness (QED) is 0.457. The second kappa shape index (κ2) is 9.49. The first kappa shape index (κ1) is 25.0. The van der Waals surface area contributed by atoms with Crippen LogP contribution < -0.4 is 5.32 Å². The monoisotopic (exact) mass is 463 g/mol. The van der Waals surface area contributed by atoms with E-state index in [1.54, 1.807) is 0 Å². The first-order chi connectivity index (χ1) is 15.6. The Bertz CT molecular complexity index is 742. The number of rotatable bonds is 7. The molecule has 4 fully saturated rings. The number of aliphatic hydroxyl groups is 2. The summed E-state index contributed by atoms with van der Waals surface area (Å²) in [6.07, 6.45) is 9.24. The predicted octanol–water partition coefficient (Wildman–Crippen LogP) is 3.98. The Balaban J connectivity index is 1.40. The molecule has 4 aliphatic carbocycles. The zero-order valence-electron chi connectivity index (χ0n) is 20.8. The summed E-state index contributed by atoms with van der Waals surface area (Å²) in [6.45, 7) is 7.39. The van der Waals surface area contributed by atoms with Crippen LogP contribution in [0.25, 0.3) is 0 Å². The minimum Gasteiger partial charge on any atom is -0.481 e. The smallest absolute Gasteiger partial charge is 0.305 e. The van der Waals surface area contributed by atoms with Gasteiger partial charge < -0.3 is 20.6 Å². The van der Waals surface area contributed by atoms with E-state index in [1.807, 2.05) is 0 Å². The number of aliphatic carboxylic acids is 1. The fourth-order valence-corrected chi connectivity index (χ4v) is 9.13. The van der Waals surface area contributed by atoms with Crippen molar-refractivity contribution >= 4 is 11.9 Å². The predicted molar refractivity (Wildman–Crippen MR) is 126 cm³/mol. The van der Waals surface area contributed by atoms with Crippen molar-refractivity contribution in [1.82, 2.24) is 5.32 Å². The lowest BCUT2D eigenvalue weighted by molar-refractivity contribution is -0.174. The van der Waals surface area contributed by atoms with Gasteiger partial charge in [0.15, 0.2) is 0 Å². The van der Waals surface area contributed by atoms with E-state index in [0.717, 1.165) is 32.1 Å². The summed E-state index contributed by atoms with van der Waals surface area (Å²) in [5.74, 6) is 2.00. The van der Waals surface area contributed by atoms with Gasteiger partial charge in [-0.3, -0.25) is 9.59 Å². The number of nitrogens with one attached hydrogen (secondary N) is 1. The van der Waals surface area contributed by atoms with Crippen molar-refractivity contribution in [3.63, 3.8) is 0 Å². The zero-order valence-corrected chi connectivity index (χ0v) is 20.8. The van der Waals surface area contributed by atoms with E-state index in [0.29, 0.717) is 41.9 Å². The van der Waals surface area contributed by atoms with Crippen LogP contribution in [0, 0.1) is 46.3 Å². The molecule has 33 heavy (non-hydrogen) atoms. The first-order valence-corrected chi connectivity index (χ1v) is 13.4. The van der Waals surface area contributed by atoms with Crippen LogP contribution in [0.5, 0.6) is 0 Å². The van der Waals surface area contributed by atoms with Crippen molar-refractivity contribution in [3.8, 4) is 0 Å². The first-order valence-electron chi connectivity index (χ1n) is 13.4. The minimum absolute atomic E-state index is 0.0344. The lowest BCUT2D eigenvalue weighted by atomic mass is 9.43. The molecule has 0 spiro atoms. The Morgan fingerprint density at radius 1 is 0.970 bits per heavy atom. The highest BCUT2D eigenvalue weighted by atomic mass is 16.4. The van der Waals surface area contributed by atoms with Gasteiger partial charge in [-0.05, 0) is 104 Å².